The number of benzene rings is 11. The van der Waals surface area contributed by atoms with E-state index in [-0.39, 0.29) is 0 Å². The molecule has 0 bridgehead atoms. The zero-order chi connectivity index (χ0) is 42.4. The van der Waals surface area contributed by atoms with Gasteiger partial charge in [0.2, 0.25) is 0 Å². The minimum atomic E-state index is 0.809. The van der Waals surface area contributed by atoms with Crippen molar-refractivity contribution < 1.29 is 4.74 Å². The maximum absolute atomic E-state index is 7.14. The van der Waals surface area contributed by atoms with Crippen LogP contribution < -0.4 is 9.64 Å². The highest BCUT2D eigenvalue weighted by atomic mass is 16.5. The molecule has 300 valence electrons. The first-order valence-electron chi connectivity index (χ1n) is 21.9. The molecule has 0 aromatic heterocycles. The van der Waals surface area contributed by atoms with Crippen molar-refractivity contribution in [3.63, 3.8) is 0 Å². The summed E-state index contributed by atoms with van der Waals surface area (Å²) in [4.78, 5) is 2.39. The zero-order valence-electron chi connectivity index (χ0n) is 35.0. The molecule has 1 aliphatic heterocycles. The molecular weight excluding hydrogens is 775 g/mol. The highest BCUT2D eigenvalue weighted by Gasteiger charge is 2.28. The van der Waals surface area contributed by atoms with Gasteiger partial charge in [0, 0.05) is 22.5 Å². The van der Waals surface area contributed by atoms with Gasteiger partial charge in [0.1, 0.15) is 11.5 Å². The predicted molar refractivity (Wildman–Crippen MR) is 269 cm³/mol. The lowest BCUT2D eigenvalue weighted by Gasteiger charge is -2.29. The Kier molecular flexibility index (Phi) is 9.20. The molecule has 0 saturated carbocycles. The first-order valence-corrected chi connectivity index (χ1v) is 21.9. The van der Waals surface area contributed by atoms with Crippen LogP contribution in [0.1, 0.15) is 0 Å². The third kappa shape index (κ3) is 6.70. The first kappa shape index (κ1) is 37.3. The lowest BCUT2D eigenvalue weighted by atomic mass is 9.88. The Hall–Kier alpha value is -8.46. The van der Waals surface area contributed by atoms with Gasteiger partial charge in [-0.15, -0.1) is 0 Å². The Morgan fingerprint density at radius 3 is 1.38 bits per heavy atom. The van der Waals surface area contributed by atoms with Crippen molar-refractivity contribution in [3.8, 4) is 78.3 Å². The smallest absolute Gasteiger partial charge is 0.137 e. The molecule has 64 heavy (non-hydrogen) atoms. The summed E-state index contributed by atoms with van der Waals surface area (Å²) in [6.45, 7) is 0. The van der Waals surface area contributed by atoms with E-state index >= 15 is 0 Å². The molecule has 0 spiro atoms. The maximum Gasteiger partial charge on any atom is 0.137 e. The second kappa shape index (κ2) is 15.8. The van der Waals surface area contributed by atoms with Gasteiger partial charge >= 0.3 is 0 Å². The van der Waals surface area contributed by atoms with Crippen LogP contribution in [-0.4, -0.2) is 0 Å². The van der Waals surface area contributed by atoms with Gasteiger partial charge in [0.05, 0.1) is 5.69 Å². The van der Waals surface area contributed by atoms with Crippen LogP contribution in [0.3, 0.4) is 0 Å². The summed E-state index contributed by atoms with van der Waals surface area (Å²) in [5, 5.41) is 4.77. The average molecular weight is 816 g/mol. The second-order valence-corrected chi connectivity index (χ2v) is 16.5. The van der Waals surface area contributed by atoms with E-state index in [0.29, 0.717) is 0 Å². The summed E-state index contributed by atoms with van der Waals surface area (Å²) < 4.78 is 7.14. The summed E-state index contributed by atoms with van der Waals surface area (Å²) in [5.41, 5.74) is 16.9. The normalized spacial score (nSPS) is 11.6. The van der Waals surface area contributed by atoms with Gasteiger partial charge in [-0.1, -0.05) is 194 Å². The maximum atomic E-state index is 7.14. The molecule has 2 heteroatoms. The number of rotatable bonds is 7. The fourth-order valence-electron chi connectivity index (χ4n) is 9.47. The van der Waals surface area contributed by atoms with Crippen LogP contribution in [0.15, 0.2) is 249 Å². The van der Waals surface area contributed by atoms with Gasteiger partial charge in [0.25, 0.3) is 0 Å². The van der Waals surface area contributed by atoms with E-state index in [1.807, 2.05) is 0 Å². The van der Waals surface area contributed by atoms with Crippen molar-refractivity contribution in [2.45, 2.75) is 0 Å². The average Bonchev–Trinajstić information content (AvgIpc) is 3.50. The Balaban J connectivity index is 1.05. The van der Waals surface area contributed by atoms with E-state index in [4.69, 9.17) is 4.74 Å². The third-order valence-corrected chi connectivity index (χ3v) is 12.7. The highest BCUT2D eigenvalue weighted by molar-refractivity contribution is 6.04. The van der Waals surface area contributed by atoms with Gasteiger partial charge in [-0.25, -0.2) is 0 Å². The van der Waals surface area contributed by atoms with E-state index in [1.54, 1.807) is 0 Å². The standard InChI is InChI=1S/C62H41NO/c1-3-13-42(14-4-1)44-25-27-45(28-26-44)47-31-36-53(37-32-47)63(52-34-29-46(30-35-52)43-15-5-2-6-16-43)59-23-12-24-60-62(59)58-40-51(55-22-11-20-48-17-9-10-21-54(48)55)33-38-56(58)57-39-49-18-7-8-19-50(49)41-61(57)64-60/h1-41H. The van der Waals surface area contributed by atoms with Crippen LogP contribution in [-0.2, 0) is 0 Å². The molecule has 0 aliphatic carbocycles. The summed E-state index contributed by atoms with van der Waals surface area (Å²) in [7, 11) is 0. The Bertz CT molecular complexity index is 3480. The number of fused-ring (bicyclic) bond motifs is 7. The Morgan fingerprint density at radius 1 is 0.266 bits per heavy atom. The largest absolute Gasteiger partial charge is 0.456 e. The molecule has 0 saturated heterocycles. The number of hydrogen-bond donors (Lipinski definition) is 0. The third-order valence-electron chi connectivity index (χ3n) is 12.7. The van der Waals surface area contributed by atoms with E-state index < -0.39 is 0 Å². The fraction of sp³-hybridized carbons (Fsp3) is 0. The van der Waals surface area contributed by atoms with Gasteiger partial charge < -0.3 is 9.64 Å². The molecule has 0 unspecified atom stereocenters. The molecule has 1 aliphatic rings. The SMILES string of the molecule is c1ccc(-c2ccc(-c3ccc(N(c4ccc(-c5ccccc5)cc4)c4cccc5c4-c4cc(-c6cccc7ccccc67)ccc4-c4cc6ccccc6cc4O5)cc3)cc2)cc1. The van der Waals surface area contributed by atoms with Crippen LogP contribution in [0.4, 0.5) is 17.1 Å². The summed E-state index contributed by atoms with van der Waals surface area (Å²) in [6.07, 6.45) is 0. The molecule has 1 heterocycles. The van der Waals surface area contributed by atoms with Crippen molar-refractivity contribution in [2.75, 3.05) is 4.90 Å². The van der Waals surface area contributed by atoms with Crippen molar-refractivity contribution in [1.29, 1.82) is 0 Å². The zero-order valence-corrected chi connectivity index (χ0v) is 35.0. The predicted octanol–water partition coefficient (Wildman–Crippen LogP) is 17.6. The van der Waals surface area contributed by atoms with Crippen LogP contribution in [0.2, 0.25) is 0 Å². The lowest BCUT2D eigenvalue weighted by Crippen LogP contribution is -2.11. The fourth-order valence-corrected chi connectivity index (χ4v) is 9.47. The van der Waals surface area contributed by atoms with Gasteiger partial charge in [-0.3, -0.25) is 0 Å². The quantitative estimate of drug-likeness (QED) is 0.159. The van der Waals surface area contributed by atoms with Crippen molar-refractivity contribution in [3.05, 3.63) is 249 Å². The molecule has 0 fully saturated rings. The van der Waals surface area contributed by atoms with E-state index in [9.17, 15) is 0 Å². The lowest BCUT2D eigenvalue weighted by molar-refractivity contribution is 0.488. The molecule has 0 radical (unpaired) electrons. The van der Waals surface area contributed by atoms with Gasteiger partial charge in [-0.05, 0) is 132 Å². The molecule has 12 rings (SSSR count). The summed E-state index contributed by atoms with van der Waals surface area (Å²) >= 11 is 0. The van der Waals surface area contributed by atoms with Gasteiger partial charge in [-0.2, -0.15) is 0 Å². The van der Waals surface area contributed by atoms with Crippen LogP contribution in [0.5, 0.6) is 11.5 Å². The summed E-state index contributed by atoms with van der Waals surface area (Å²) in [6, 6.07) is 89.6. The van der Waals surface area contributed by atoms with Crippen LogP contribution in [0, 0.1) is 0 Å². The van der Waals surface area contributed by atoms with Crippen molar-refractivity contribution in [2.24, 2.45) is 0 Å². The minimum Gasteiger partial charge on any atom is -0.456 e. The molecule has 0 amide bonds. The number of anilines is 3. The monoisotopic (exact) mass is 815 g/mol. The van der Waals surface area contributed by atoms with Crippen LogP contribution in [0.25, 0.3) is 88.3 Å². The Morgan fingerprint density at radius 2 is 0.750 bits per heavy atom. The van der Waals surface area contributed by atoms with Crippen molar-refractivity contribution >= 4 is 38.6 Å². The molecule has 0 atom stereocenters. The number of ether oxygens (including phenoxy) is 1. The summed E-state index contributed by atoms with van der Waals surface area (Å²) in [5.74, 6) is 1.65. The van der Waals surface area contributed by atoms with E-state index in [1.165, 1.54) is 49.5 Å². The molecule has 2 nitrogen and oxygen atoms in total. The molecular formula is C62H41NO. The van der Waals surface area contributed by atoms with Crippen molar-refractivity contribution in [1.82, 2.24) is 0 Å². The molecule has 11 aromatic rings. The first-order chi connectivity index (χ1) is 31.7. The highest BCUT2D eigenvalue weighted by Crippen LogP contribution is 2.54. The van der Waals surface area contributed by atoms with E-state index in [2.05, 4.69) is 254 Å². The molecule has 11 aromatic carbocycles. The van der Waals surface area contributed by atoms with Crippen LogP contribution >= 0.6 is 0 Å². The molecule has 0 N–H and O–H groups in total. The second-order valence-electron chi connectivity index (χ2n) is 16.5. The van der Waals surface area contributed by atoms with E-state index in [0.717, 1.165) is 67.3 Å². The van der Waals surface area contributed by atoms with Gasteiger partial charge in [0.15, 0.2) is 0 Å². The minimum absolute atomic E-state index is 0.809. The number of nitrogens with zero attached hydrogens (tertiary/aromatic N) is 1. The topological polar surface area (TPSA) is 12.5 Å². The Labute approximate surface area is 373 Å². The number of hydrogen-bond acceptors (Lipinski definition) is 2.